The van der Waals surface area contributed by atoms with Crippen LogP contribution < -0.4 is 0 Å². The van der Waals surface area contributed by atoms with Crippen molar-refractivity contribution in [2.75, 3.05) is 7.05 Å². The summed E-state index contributed by atoms with van der Waals surface area (Å²) in [7, 11) is 1.97. The van der Waals surface area contributed by atoms with E-state index in [1.54, 1.807) is 18.5 Å². The summed E-state index contributed by atoms with van der Waals surface area (Å²) in [6, 6.07) is 6.45. The van der Waals surface area contributed by atoms with Gasteiger partial charge >= 0.3 is 0 Å². The lowest BCUT2D eigenvalue weighted by atomic mass is 9.48. The van der Waals surface area contributed by atoms with Gasteiger partial charge in [-0.3, -0.25) is 14.8 Å². The van der Waals surface area contributed by atoms with Crippen LogP contribution in [0.1, 0.15) is 51.5 Å². The molecule has 2 aromatic rings. The van der Waals surface area contributed by atoms with E-state index in [0.29, 0.717) is 23.8 Å². The van der Waals surface area contributed by atoms with Gasteiger partial charge < -0.3 is 10.0 Å². The highest BCUT2D eigenvalue weighted by Gasteiger charge is 2.61. The van der Waals surface area contributed by atoms with Gasteiger partial charge in [-0.15, -0.1) is 0 Å². The van der Waals surface area contributed by atoms with Crippen LogP contribution >= 0.6 is 0 Å². The molecule has 0 bridgehead atoms. The van der Waals surface area contributed by atoms with Crippen molar-refractivity contribution in [2.24, 2.45) is 28.6 Å². The summed E-state index contributed by atoms with van der Waals surface area (Å²) < 4.78 is 0. The molecule has 33 heavy (non-hydrogen) atoms. The topological polar surface area (TPSA) is 66.3 Å². The number of aromatic nitrogens is 2. The Morgan fingerprint density at radius 1 is 1.09 bits per heavy atom. The molecule has 1 aromatic heterocycles. The zero-order chi connectivity index (χ0) is 23.0. The van der Waals surface area contributed by atoms with Gasteiger partial charge in [0.25, 0.3) is 0 Å². The molecule has 6 rings (SSSR count). The third-order valence-corrected chi connectivity index (χ3v) is 9.84. The van der Waals surface area contributed by atoms with Gasteiger partial charge in [-0.05, 0) is 79.2 Å². The van der Waals surface area contributed by atoms with Gasteiger partial charge in [0.2, 0.25) is 5.91 Å². The summed E-state index contributed by atoms with van der Waals surface area (Å²) in [6.07, 6.45) is 14.5. The lowest BCUT2D eigenvalue weighted by Crippen LogP contribution is -2.59. The predicted octanol–water partition coefficient (Wildman–Crippen LogP) is 4.62. The first-order chi connectivity index (χ1) is 15.8. The van der Waals surface area contributed by atoms with Crippen LogP contribution in [0, 0.1) is 28.6 Å². The fourth-order valence-electron chi connectivity index (χ4n) is 8.02. The van der Waals surface area contributed by atoms with E-state index < -0.39 is 6.10 Å². The molecule has 5 heteroatoms. The van der Waals surface area contributed by atoms with Gasteiger partial charge in [0.15, 0.2) is 0 Å². The highest BCUT2D eigenvalue weighted by Crippen LogP contribution is 2.65. The van der Waals surface area contributed by atoms with Crippen molar-refractivity contribution in [2.45, 2.75) is 58.1 Å². The molecule has 1 aliphatic heterocycles. The summed E-state index contributed by atoms with van der Waals surface area (Å²) in [5.41, 5.74) is 3.97. The maximum Gasteiger partial charge on any atom is 0.246 e. The number of hydrogen-bond donors (Lipinski definition) is 1. The molecule has 5 nitrogen and oxygen atoms in total. The van der Waals surface area contributed by atoms with Gasteiger partial charge in [0, 0.05) is 36.3 Å². The Labute approximate surface area is 195 Å². The third-order valence-electron chi connectivity index (χ3n) is 9.84. The van der Waals surface area contributed by atoms with E-state index in [9.17, 15) is 9.90 Å². The van der Waals surface area contributed by atoms with Crippen LogP contribution in [-0.4, -0.2) is 45.1 Å². The van der Waals surface area contributed by atoms with Crippen LogP contribution in [0.5, 0.6) is 0 Å². The number of likely N-dealkylation sites (N-methyl/N-ethyl adjacent to an activating group) is 1. The quantitative estimate of drug-likeness (QED) is 0.698. The average Bonchev–Trinajstić information content (AvgIpc) is 3.07. The number of carbonyl (C=O) groups is 1. The molecule has 2 unspecified atom stereocenters. The first kappa shape index (κ1) is 21.0. The number of fused-ring (bicyclic) bond motifs is 6. The minimum absolute atomic E-state index is 0.0291. The Bertz CT molecular complexity index is 1190. The van der Waals surface area contributed by atoms with E-state index in [2.05, 4.69) is 48.1 Å². The van der Waals surface area contributed by atoms with Crippen molar-refractivity contribution < 1.29 is 9.90 Å². The molecule has 172 valence electrons. The molecular formula is C28H33N3O2. The zero-order valence-electron chi connectivity index (χ0n) is 19.7. The molecule has 7 atom stereocenters. The summed E-state index contributed by atoms with van der Waals surface area (Å²) in [4.78, 5) is 23.1. The molecule has 1 amide bonds. The second kappa shape index (κ2) is 7.23. The summed E-state index contributed by atoms with van der Waals surface area (Å²) in [5, 5.41) is 11.5. The summed E-state index contributed by atoms with van der Waals surface area (Å²) in [5.74, 6) is 1.76. The Morgan fingerprint density at radius 3 is 2.70 bits per heavy atom. The number of hydrogen-bond acceptors (Lipinski definition) is 4. The molecule has 4 aliphatic rings. The van der Waals surface area contributed by atoms with Gasteiger partial charge in [0.1, 0.15) is 0 Å². The average molecular weight is 444 g/mol. The first-order valence-electron chi connectivity index (χ1n) is 12.4. The smallest absolute Gasteiger partial charge is 0.246 e. The van der Waals surface area contributed by atoms with Crippen LogP contribution in [-0.2, 0) is 4.79 Å². The van der Waals surface area contributed by atoms with E-state index in [0.717, 1.165) is 54.3 Å². The zero-order valence-corrected chi connectivity index (χ0v) is 19.7. The number of amides is 1. The summed E-state index contributed by atoms with van der Waals surface area (Å²) >= 11 is 0. The van der Waals surface area contributed by atoms with Crippen molar-refractivity contribution in [1.82, 2.24) is 14.9 Å². The number of aliphatic hydroxyl groups excluding tert-OH is 1. The number of carbonyl (C=O) groups excluding carboxylic acids is 1. The van der Waals surface area contributed by atoms with E-state index >= 15 is 0 Å². The molecule has 3 fully saturated rings. The highest BCUT2D eigenvalue weighted by molar-refractivity contribution is 5.89. The molecule has 3 aliphatic carbocycles. The Kier molecular flexibility index (Phi) is 4.61. The fourth-order valence-corrected chi connectivity index (χ4v) is 8.02. The normalized spacial score (nSPS) is 41.2. The lowest BCUT2D eigenvalue weighted by Gasteiger charge is -2.59. The minimum atomic E-state index is -0.405. The summed E-state index contributed by atoms with van der Waals surface area (Å²) in [6.45, 7) is 4.68. The van der Waals surface area contributed by atoms with Crippen molar-refractivity contribution in [3.63, 3.8) is 0 Å². The minimum Gasteiger partial charge on any atom is -0.388 e. The van der Waals surface area contributed by atoms with Crippen molar-refractivity contribution >= 4 is 23.0 Å². The Morgan fingerprint density at radius 2 is 1.88 bits per heavy atom. The number of benzene rings is 1. The van der Waals surface area contributed by atoms with Crippen molar-refractivity contribution in [3.05, 3.63) is 53.9 Å². The first-order valence-corrected chi connectivity index (χ1v) is 12.4. The Balaban J connectivity index is 1.33. The van der Waals surface area contributed by atoms with Gasteiger partial charge in [-0.2, -0.15) is 0 Å². The van der Waals surface area contributed by atoms with Crippen LogP contribution in [0.2, 0.25) is 0 Å². The fraction of sp³-hybridized carbons (Fsp3) is 0.536. The second-order valence-corrected chi connectivity index (χ2v) is 11.3. The van der Waals surface area contributed by atoms with Gasteiger partial charge in [-0.25, -0.2) is 0 Å². The van der Waals surface area contributed by atoms with Crippen LogP contribution in [0.15, 0.2) is 48.3 Å². The Hall–Kier alpha value is -2.53. The molecule has 1 N–H and O–H groups in total. The largest absolute Gasteiger partial charge is 0.388 e. The standard InChI is InChI=1S/C28H33N3O2/c1-27-11-9-25(32)31(3)24(27)7-5-19-20(27)8-10-28(2)21(19)16-18(26(28)33)14-17-4-6-22-23(15-17)30-13-12-29-22/h4,6,9,11-15,19-21,24,26,33H,5,7-8,10,16H2,1-3H3/t19-,20-,21+,24?,26?,27-,28+/m1/s1. The van der Waals surface area contributed by atoms with Crippen molar-refractivity contribution in [1.29, 1.82) is 0 Å². The van der Waals surface area contributed by atoms with E-state index in [-0.39, 0.29) is 16.7 Å². The second-order valence-electron chi connectivity index (χ2n) is 11.3. The third kappa shape index (κ3) is 2.97. The highest BCUT2D eigenvalue weighted by atomic mass is 16.3. The molecule has 0 saturated heterocycles. The predicted molar refractivity (Wildman–Crippen MR) is 129 cm³/mol. The molecule has 3 saturated carbocycles. The van der Waals surface area contributed by atoms with Crippen molar-refractivity contribution in [3.8, 4) is 0 Å². The van der Waals surface area contributed by atoms with Crippen LogP contribution in [0.3, 0.4) is 0 Å². The lowest BCUT2D eigenvalue weighted by molar-refractivity contribution is -0.140. The van der Waals surface area contributed by atoms with Gasteiger partial charge in [-0.1, -0.05) is 32.1 Å². The SMILES string of the molecule is CN1C(=O)C=C[C@@]2(C)C1CC[C@@H]1[C@H]2CC[C@]2(C)C(O)C(=Cc3ccc4nccnc4c3)C[C@@H]12. The maximum atomic E-state index is 12.3. The van der Waals surface area contributed by atoms with Crippen LogP contribution in [0.25, 0.3) is 17.1 Å². The number of nitrogens with zero attached hydrogens (tertiary/aromatic N) is 3. The van der Waals surface area contributed by atoms with E-state index in [1.165, 1.54) is 0 Å². The van der Waals surface area contributed by atoms with E-state index in [1.807, 2.05) is 18.0 Å². The van der Waals surface area contributed by atoms with E-state index in [4.69, 9.17) is 0 Å². The maximum absolute atomic E-state index is 12.3. The number of rotatable bonds is 1. The monoisotopic (exact) mass is 443 g/mol. The van der Waals surface area contributed by atoms with Gasteiger partial charge in [0.05, 0.1) is 17.1 Å². The van der Waals surface area contributed by atoms with Crippen LogP contribution in [0.4, 0.5) is 0 Å². The molecular weight excluding hydrogens is 410 g/mol. The molecule has 0 radical (unpaired) electrons. The number of aliphatic hydroxyl groups is 1. The molecule has 1 aromatic carbocycles. The molecule has 0 spiro atoms. The molecule has 2 heterocycles.